The zero-order valence-electron chi connectivity index (χ0n) is 14.4. The minimum Gasteiger partial charge on any atom is -0.273 e. The number of hydrogen-bond donors (Lipinski definition) is 2. The van der Waals surface area contributed by atoms with Gasteiger partial charge in [-0.1, -0.05) is 60.7 Å². The van der Waals surface area contributed by atoms with Crippen LogP contribution in [0.5, 0.6) is 0 Å². The molecule has 1 amide bonds. The molecule has 0 saturated heterocycles. The van der Waals surface area contributed by atoms with E-state index in [4.69, 9.17) is 0 Å². The molecule has 138 valence electrons. The third kappa shape index (κ3) is 4.05. The smallest absolute Gasteiger partial charge is 0.269 e. The molecule has 0 radical (unpaired) electrons. The number of carbonyl (C=O) groups excluding carboxylic acids is 1. The zero-order chi connectivity index (χ0) is 19.4. The van der Waals surface area contributed by atoms with Gasteiger partial charge in [0.1, 0.15) is 5.82 Å². The van der Waals surface area contributed by atoms with E-state index in [2.05, 4.69) is 5.43 Å². The fraction of sp³-hybridized carbons (Fsp3) is 0.0500. The molecule has 0 aromatic heterocycles. The van der Waals surface area contributed by atoms with Gasteiger partial charge in [-0.15, -0.1) is 4.83 Å². The van der Waals surface area contributed by atoms with Crippen molar-refractivity contribution in [1.29, 1.82) is 0 Å². The summed E-state index contributed by atoms with van der Waals surface area (Å²) in [6, 6.07) is 19.6. The molecule has 0 bridgehead atoms. The van der Waals surface area contributed by atoms with Gasteiger partial charge in [-0.05, 0) is 30.2 Å². The third-order valence-corrected chi connectivity index (χ3v) is 5.28. The van der Waals surface area contributed by atoms with Gasteiger partial charge < -0.3 is 0 Å². The lowest BCUT2D eigenvalue weighted by Gasteiger charge is -2.13. The number of halogens is 1. The van der Waals surface area contributed by atoms with Crippen LogP contribution in [0.2, 0.25) is 0 Å². The van der Waals surface area contributed by atoms with Crippen molar-refractivity contribution in [2.75, 3.05) is 0 Å². The van der Waals surface area contributed by atoms with E-state index >= 15 is 0 Å². The van der Waals surface area contributed by atoms with E-state index in [1.807, 2.05) is 10.9 Å². The molecule has 0 fully saturated rings. The Labute approximate surface area is 156 Å². The summed E-state index contributed by atoms with van der Waals surface area (Å²) in [5.74, 6) is -1.58. The summed E-state index contributed by atoms with van der Waals surface area (Å²) in [7, 11) is -3.96. The summed E-state index contributed by atoms with van der Waals surface area (Å²) in [6.45, 7) is 1.58. The van der Waals surface area contributed by atoms with Crippen molar-refractivity contribution < 1.29 is 17.6 Å². The van der Waals surface area contributed by atoms with Crippen LogP contribution in [-0.4, -0.2) is 14.3 Å². The molecule has 27 heavy (non-hydrogen) atoms. The highest BCUT2D eigenvalue weighted by atomic mass is 32.2. The Bertz CT molecular complexity index is 1070. The van der Waals surface area contributed by atoms with Gasteiger partial charge in [0, 0.05) is 5.56 Å². The first-order valence-electron chi connectivity index (χ1n) is 8.12. The van der Waals surface area contributed by atoms with Crippen LogP contribution < -0.4 is 10.3 Å². The molecule has 2 N–H and O–H groups in total. The van der Waals surface area contributed by atoms with Gasteiger partial charge >= 0.3 is 0 Å². The summed E-state index contributed by atoms with van der Waals surface area (Å²) in [5, 5.41) is 0. The van der Waals surface area contributed by atoms with Crippen LogP contribution in [0.25, 0.3) is 11.1 Å². The number of benzene rings is 3. The van der Waals surface area contributed by atoms with Crippen LogP contribution in [-0.2, 0) is 10.0 Å². The second kappa shape index (κ2) is 7.69. The number of carbonyl (C=O) groups is 1. The highest BCUT2D eigenvalue weighted by molar-refractivity contribution is 7.89. The standard InChI is InChI=1S/C20H17FN2O3S/c1-14-12-13-17(15-8-4-2-5-9-15)19(21)18(14)20(24)22-23-27(25,26)16-10-6-3-7-11-16/h2-13,23H,1H3,(H,22,24). The summed E-state index contributed by atoms with van der Waals surface area (Å²) in [5.41, 5.74) is 3.14. The fourth-order valence-electron chi connectivity index (χ4n) is 2.63. The molecule has 0 unspecified atom stereocenters. The first-order chi connectivity index (χ1) is 12.9. The molecule has 0 aliphatic heterocycles. The second-order valence-electron chi connectivity index (χ2n) is 5.86. The lowest BCUT2D eigenvalue weighted by molar-refractivity contribution is 0.0940. The maximum Gasteiger partial charge on any atom is 0.269 e. The van der Waals surface area contributed by atoms with Gasteiger partial charge in [0.2, 0.25) is 0 Å². The molecule has 5 nitrogen and oxygen atoms in total. The molecule has 0 spiro atoms. The van der Waals surface area contributed by atoms with E-state index < -0.39 is 21.7 Å². The van der Waals surface area contributed by atoms with Gasteiger partial charge in [0.15, 0.2) is 0 Å². The summed E-state index contributed by atoms with van der Waals surface area (Å²) < 4.78 is 39.4. The van der Waals surface area contributed by atoms with Crippen LogP contribution >= 0.6 is 0 Å². The Morgan fingerprint density at radius 1 is 0.889 bits per heavy atom. The Kier molecular flexibility index (Phi) is 5.34. The first kappa shape index (κ1) is 18.8. The monoisotopic (exact) mass is 384 g/mol. The van der Waals surface area contributed by atoms with Crippen molar-refractivity contribution in [3.05, 3.63) is 89.7 Å². The highest BCUT2D eigenvalue weighted by Gasteiger charge is 2.21. The quantitative estimate of drug-likeness (QED) is 0.662. The molecule has 0 heterocycles. The fourth-order valence-corrected chi connectivity index (χ4v) is 3.49. The lowest BCUT2D eigenvalue weighted by Crippen LogP contribution is -2.42. The molecule has 3 aromatic carbocycles. The molecule has 0 saturated carbocycles. The van der Waals surface area contributed by atoms with Crippen molar-refractivity contribution in [3.63, 3.8) is 0 Å². The van der Waals surface area contributed by atoms with Crippen LogP contribution in [0.4, 0.5) is 4.39 Å². The lowest BCUT2D eigenvalue weighted by atomic mass is 9.98. The van der Waals surface area contributed by atoms with Crippen molar-refractivity contribution in [3.8, 4) is 11.1 Å². The Balaban J connectivity index is 1.87. The van der Waals surface area contributed by atoms with Gasteiger partial charge in [0.05, 0.1) is 10.5 Å². The maximum atomic E-state index is 15.0. The van der Waals surface area contributed by atoms with Gasteiger partial charge in [-0.3, -0.25) is 10.2 Å². The van der Waals surface area contributed by atoms with E-state index in [0.717, 1.165) is 0 Å². The third-order valence-electron chi connectivity index (χ3n) is 4.01. The minimum absolute atomic E-state index is 0.0134. The minimum atomic E-state index is -3.96. The summed E-state index contributed by atoms with van der Waals surface area (Å²) in [6.07, 6.45) is 0. The molecular weight excluding hydrogens is 367 g/mol. The van der Waals surface area contributed by atoms with E-state index in [1.54, 1.807) is 61.5 Å². The Hall–Kier alpha value is -3.03. The summed E-state index contributed by atoms with van der Waals surface area (Å²) in [4.78, 5) is 14.4. The topological polar surface area (TPSA) is 75.3 Å². The predicted octanol–water partition coefficient (Wildman–Crippen LogP) is 3.42. The molecule has 0 atom stereocenters. The van der Waals surface area contributed by atoms with Crippen LogP contribution in [0.15, 0.2) is 77.7 Å². The Morgan fingerprint density at radius 3 is 2.11 bits per heavy atom. The van der Waals surface area contributed by atoms with Crippen LogP contribution in [0.1, 0.15) is 15.9 Å². The second-order valence-corrected chi connectivity index (χ2v) is 7.54. The molecule has 0 aliphatic rings. The molecular formula is C20H17FN2O3S. The largest absolute Gasteiger partial charge is 0.273 e. The van der Waals surface area contributed by atoms with Crippen molar-refractivity contribution >= 4 is 15.9 Å². The summed E-state index contributed by atoms with van der Waals surface area (Å²) >= 11 is 0. The number of hydrogen-bond acceptors (Lipinski definition) is 3. The van der Waals surface area contributed by atoms with Gasteiger partial charge in [-0.2, -0.15) is 0 Å². The zero-order valence-corrected chi connectivity index (χ0v) is 15.3. The number of aryl methyl sites for hydroxylation is 1. The average Bonchev–Trinajstić information content (AvgIpc) is 2.68. The Morgan fingerprint density at radius 2 is 1.48 bits per heavy atom. The number of hydrazine groups is 1. The van der Waals surface area contributed by atoms with E-state index in [9.17, 15) is 17.6 Å². The van der Waals surface area contributed by atoms with E-state index in [-0.39, 0.29) is 16.0 Å². The number of sulfonamides is 1. The number of nitrogens with one attached hydrogen (secondary N) is 2. The average molecular weight is 384 g/mol. The van der Waals surface area contributed by atoms with Crippen molar-refractivity contribution in [1.82, 2.24) is 10.3 Å². The molecule has 3 aromatic rings. The normalized spacial score (nSPS) is 11.2. The molecule has 3 rings (SSSR count). The molecule has 0 aliphatic carbocycles. The van der Waals surface area contributed by atoms with Crippen molar-refractivity contribution in [2.24, 2.45) is 0 Å². The van der Waals surface area contributed by atoms with E-state index in [0.29, 0.717) is 11.1 Å². The van der Waals surface area contributed by atoms with Crippen LogP contribution in [0.3, 0.4) is 0 Å². The van der Waals surface area contributed by atoms with Crippen LogP contribution in [0, 0.1) is 12.7 Å². The first-order valence-corrected chi connectivity index (χ1v) is 9.60. The molecule has 7 heteroatoms. The highest BCUT2D eigenvalue weighted by Crippen LogP contribution is 2.26. The SMILES string of the molecule is Cc1ccc(-c2ccccc2)c(F)c1C(=O)NNS(=O)(=O)c1ccccc1. The van der Waals surface area contributed by atoms with Gasteiger partial charge in [0.25, 0.3) is 15.9 Å². The maximum absolute atomic E-state index is 15.0. The predicted molar refractivity (Wildman–Crippen MR) is 101 cm³/mol. The van der Waals surface area contributed by atoms with Gasteiger partial charge in [-0.25, -0.2) is 12.8 Å². The number of rotatable bonds is 5. The number of amides is 1. The van der Waals surface area contributed by atoms with E-state index in [1.165, 1.54) is 12.1 Å². The van der Waals surface area contributed by atoms with Crippen molar-refractivity contribution in [2.45, 2.75) is 11.8 Å².